The Morgan fingerprint density at radius 2 is 1.00 bits per heavy atom. The van der Waals surface area contributed by atoms with Crippen molar-refractivity contribution in [3.63, 3.8) is 0 Å². The largest absolute Gasteiger partial charge is 0.472 e. The average molecular weight is 917 g/mol. The average Bonchev–Trinajstić information content (AvgIpc) is 3.99. The summed E-state index contributed by atoms with van der Waals surface area (Å²) in [6.45, 7) is 1.60. The minimum absolute atomic E-state index is 0.0415. The Morgan fingerprint density at radius 3 is 1.58 bits per heavy atom. The number of esters is 2. The number of aliphatic hydroxyl groups excluding tert-OH is 1. The predicted octanol–water partition coefficient (Wildman–Crippen LogP) is 10.8. The van der Waals surface area contributed by atoms with Crippen LogP contribution in [0, 0.1) is 0 Å². The monoisotopic (exact) mass is 916 g/mol. The van der Waals surface area contributed by atoms with Crippen molar-refractivity contribution in [3.8, 4) is 0 Å². The molecule has 1 aliphatic rings. The first kappa shape index (κ1) is 57.5. The molecule has 1 fully saturated rings. The van der Waals surface area contributed by atoms with Gasteiger partial charge in [-0.25, -0.2) is 9.13 Å². The van der Waals surface area contributed by atoms with Gasteiger partial charge in [0.25, 0.3) is 0 Å². The highest BCUT2D eigenvalue weighted by Gasteiger charge is 2.36. The topological polar surface area (TPSA) is 208 Å². The lowest BCUT2D eigenvalue weighted by atomic mass is 10.1. The molecule has 3 unspecified atom stereocenters. The van der Waals surface area contributed by atoms with Gasteiger partial charge >= 0.3 is 27.6 Å². The number of rotatable bonds is 41. The van der Waals surface area contributed by atoms with E-state index in [1.807, 2.05) is 12.2 Å². The number of unbranched alkanes of at least 4 members (excludes halogenated alkanes) is 11. The summed E-state index contributed by atoms with van der Waals surface area (Å²) in [5.74, 6) is -1.13. The van der Waals surface area contributed by atoms with E-state index in [1.165, 1.54) is 38.5 Å². The Morgan fingerprint density at radius 1 is 0.548 bits per heavy atom. The Hall–Kier alpha value is -2.48. The number of aliphatic hydroxyl groups is 1. The number of allylic oxidation sites excluding steroid dienone is 10. The van der Waals surface area contributed by atoms with Crippen LogP contribution in [-0.4, -0.2) is 82.6 Å². The van der Waals surface area contributed by atoms with E-state index in [2.05, 4.69) is 83.7 Å². The lowest BCUT2D eigenvalue weighted by Crippen LogP contribution is -2.29. The van der Waals surface area contributed by atoms with Crippen LogP contribution in [0.2, 0.25) is 0 Å². The molecule has 62 heavy (non-hydrogen) atoms. The molecule has 4 N–H and O–H groups in total. The molecule has 1 aliphatic heterocycles. The minimum atomic E-state index is -4.88. The van der Waals surface area contributed by atoms with E-state index in [4.69, 9.17) is 28.5 Å². The van der Waals surface area contributed by atoms with E-state index in [1.54, 1.807) is 0 Å². The van der Waals surface area contributed by atoms with Gasteiger partial charge < -0.3 is 34.0 Å². The zero-order valence-corrected chi connectivity index (χ0v) is 39.2. The van der Waals surface area contributed by atoms with Gasteiger partial charge in [0.15, 0.2) is 6.10 Å². The standard InChI is InChI=1S/C46H78O14P2/c1-3-5-7-9-11-12-13-14-15-16-17-18-19-20-23-27-31-35-45(48)55-39-42(40-58-62(53,54)57-38-41(47)37-56-61(50,51)52)59-46(49)36-32-28-24-21-22-26-30-34-44-43(60-44)33-29-25-10-8-6-4-2/h11-12,14-15,17-18,21,24-26,29-30,41-44,47H,3-10,13,16,19-20,22-23,27-28,31-40H2,1-2H3,(H,53,54)(H2,50,51,52)/b12-11-,15-14-,18-17-,24-21-,29-25-,30-26-/t41-,42+,43?,44?/m0/s1. The van der Waals surface area contributed by atoms with Gasteiger partial charge in [0.05, 0.1) is 32.0 Å². The van der Waals surface area contributed by atoms with E-state index >= 15 is 0 Å². The quantitative estimate of drug-likeness (QED) is 0.0148. The first-order chi connectivity index (χ1) is 29.8. The number of hydrogen-bond acceptors (Lipinski definition) is 11. The van der Waals surface area contributed by atoms with E-state index in [0.717, 1.165) is 70.6 Å². The third kappa shape index (κ3) is 38.0. The molecule has 0 aromatic heterocycles. The highest BCUT2D eigenvalue weighted by atomic mass is 31.2. The van der Waals surface area contributed by atoms with Crippen molar-refractivity contribution >= 4 is 27.6 Å². The Balaban J connectivity index is 2.41. The normalized spacial score (nSPS) is 17.9. The van der Waals surface area contributed by atoms with Gasteiger partial charge in [0.1, 0.15) is 12.7 Å². The summed E-state index contributed by atoms with van der Waals surface area (Å²) >= 11 is 0. The molecule has 1 heterocycles. The molecule has 0 aromatic rings. The third-order valence-corrected chi connectivity index (χ3v) is 10.9. The molecule has 14 nitrogen and oxygen atoms in total. The fourth-order valence-corrected chi connectivity index (χ4v) is 7.01. The number of carbonyl (C=O) groups is 2. The number of hydrogen-bond donors (Lipinski definition) is 4. The van der Waals surface area contributed by atoms with Gasteiger partial charge in [-0.2, -0.15) is 0 Å². The molecule has 0 aliphatic carbocycles. The second kappa shape index (κ2) is 37.9. The number of ether oxygens (including phenoxy) is 3. The van der Waals surface area contributed by atoms with Crippen molar-refractivity contribution in [2.24, 2.45) is 0 Å². The second-order valence-electron chi connectivity index (χ2n) is 15.4. The first-order valence-electron chi connectivity index (χ1n) is 22.8. The Bertz CT molecular complexity index is 1440. The van der Waals surface area contributed by atoms with Gasteiger partial charge in [0, 0.05) is 12.8 Å². The van der Waals surface area contributed by atoms with Crippen LogP contribution < -0.4 is 0 Å². The molecular formula is C46H78O14P2. The smallest absolute Gasteiger partial charge is 0.462 e. The minimum Gasteiger partial charge on any atom is -0.462 e. The highest BCUT2D eigenvalue weighted by molar-refractivity contribution is 7.47. The van der Waals surface area contributed by atoms with Crippen molar-refractivity contribution in [1.29, 1.82) is 0 Å². The van der Waals surface area contributed by atoms with Gasteiger partial charge in [-0.3, -0.25) is 23.2 Å². The summed E-state index contributed by atoms with van der Waals surface area (Å²) in [5.41, 5.74) is 0. The van der Waals surface area contributed by atoms with Crippen LogP contribution in [-0.2, 0) is 46.5 Å². The zero-order chi connectivity index (χ0) is 45.6. The number of phosphoric ester groups is 2. The predicted molar refractivity (Wildman–Crippen MR) is 243 cm³/mol. The van der Waals surface area contributed by atoms with Crippen molar-refractivity contribution in [2.75, 3.05) is 26.4 Å². The molecule has 1 rings (SSSR count). The number of epoxide rings is 1. The van der Waals surface area contributed by atoms with Crippen molar-refractivity contribution < 1.29 is 66.3 Å². The fourth-order valence-electron chi connectivity index (χ4n) is 5.86. The summed E-state index contributed by atoms with van der Waals surface area (Å²) in [4.78, 5) is 52.8. The lowest BCUT2D eigenvalue weighted by Gasteiger charge is -2.20. The van der Waals surface area contributed by atoms with Crippen molar-refractivity contribution in [1.82, 2.24) is 0 Å². The van der Waals surface area contributed by atoms with Gasteiger partial charge in [-0.15, -0.1) is 0 Å². The molecule has 0 aromatic carbocycles. The summed E-state index contributed by atoms with van der Waals surface area (Å²) in [6.07, 6.45) is 43.5. The van der Waals surface area contributed by atoms with Crippen LogP contribution >= 0.6 is 15.6 Å². The van der Waals surface area contributed by atoms with Crippen LogP contribution in [0.15, 0.2) is 72.9 Å². The molecule has 0 bridgehead atoms. The fraction of sp³-hybridized carbons (Fsp3) is 0.696. The molecule has 0 radical (unpaired) electrons. The first-order valence-corrected chi connectivity index (χ1v) is 25.8. The van der Waals surface area contributed by atoms with E-state index in [0.29, 0.717) is 25.4 Å². The molecule has 16 heteroatoms. The second-order valence-corrected chi connectivity index (χ2v) is 18.0. The molecule has 1 saturated heterocycles. The Kier molecular flexibility index (Phi) is 35.1. The van der Waals surface area contributed by atoms with Crippen molar-refractivity contribution in [2.45, 2.75) is 180 Å². The van der Waals surface area contributed by atoms with E-state index < -0.39 is 66.2 Å². The third-order valence-electron chi connectivity index (χ3n) is 9.46. The van der Waals surface area contributed by atoms with Gasteiger partial charge in [-0.05, 0) is 89.9 Å². The van der Waals surface area contributed by atoms with E-state index in [9.17, 15) is 28.7 Å². The zero-order valence-electron chi connectivity index (χ0n) is 37.4. The van der Waals surface area contributed by atoms with Crippen LogP contribution in [0.5, 0.6) is 0 Å². The van der Waals surface area contributed by atoms with Crippen LogP contribution in [0.1, 0.15) is 155 Å². The van der Waals surface area contributed by atoms with Crippen molar-refractivity contribution in [3.05, 3.63) is 72.9 Å². The maximum Gasteiger partial charge on any atom is 0.472 e. The molecule has 0 amide bonds. The highest BCUT2D eigenvalue weighted by Crippen LogP contribution is 2.44. The summed E-state index contributed by atoms with van der Waals surface area (Å²) in [6, 6.07) is 0. The Labute approximate surface area is 371 Å². The summed E-state index contributed by atoms with van der Waals surface area (Å²) in [7, 11) is -9.71. The summed E-state index contributed by atoms with van der Waals surface area (Å²) < 4.78 is 53.5. The van der Waals surface area contributed by atoms with Crippen LogP contribution in [0.4, 0.5) is 0 Å². The van der Waals surface area contributed by atoms with Crippen LogP contribution in [0.25, 0.3) is 0 Å². The molecule has 5 atom stereocenters. The maximum atomic E-state index is 12.7. The SMILES string of the molecule is CCCCC/C=C\C/C=C\C/C=C\CCCCCCC(=O)OC[C@H](COP(=O)(O)OC[C@@H](O)COP(=O)(O)O)OC(=O)CCC/C=C\C/C=C\CC1OC1C/C=C\CCCCC. The maximum absolute atomic E-state index is 12.7. The van der Waals surface area contributed by atoms with Gasteiger partial charge in [0.2, 0.25) is 0 Å². The van der Waals surface area contributed by atoms with Crippen LogP contribution in [0.3, 0.4) is 0 Å². The number of carbonyl (C=O) groups excluding carboxylic acids is 2. The summed E-state index contributed by atoms with van der Waals surface area (Å²) in [5, 5.41) is 9.76. The molecular weight excluding hydrogens is 838 g/mol. The lowest BCUT2D eigenvalue weighted by molar-refractivity contribution is -0.161. The molecule has 0 saturated carbocycles. The van der Waals surface area contributed by atoms with E-state index in [-0.39, 0.29) is 18.9 Å². The molecule has 356 valence electrons. The van der Waals surface area contributed by atoms with Gasteiger partial charge in [-0.1, -0.05) is 125 Å². The number of phosphoric acid groups is 2. The molecule has 0 spiro atoms.